The summed E-state index contributed by atoms with van der Waals surface area (Å²) in [5.74, 6) is -2.06. The minimum absolute atomic E-state index is 0.0403. The summed E-state index contributed by atoms with van der Waals surface area (Å²) in [5.41, 5.74) is 1.84. The Kier molecular flexibility index (Phi) is 4.65. The normalized spacial score (nSPS) is 16.8. The number of amides is 2. The molecule has 0 spiro atoms. The van der Waals surface area contributed by atoms with Crippen molar-refractivity contribution in [3.8, 4) is 0 Å². The van der Waals surface area contributed by atoms with E-state index in [0.717, 1.165) is 11.1 Å². The maximum Gasteiger partial charge on any atom is 0.326 e. The van der Waals surface area contributed by atoms with E-state index in [1.807, 2.05) is 24.3 Å². The Hall–Kier alpha value is -2.57. The van der Waals surface area contributed by atoms with Crippen LogP contribution in [-0.4, -0.2) is 57.6 Å². The molecule has 22 heavy (non-hydrogen) atoms. The second kappa shape index (κ2) is 6.46. The monoisotopic (exact) mass is 306 g/mol. The SMILES string of the molecule is CN(CCC(=O)O)C(=O)N1Cc2ccccc2CC1C(=O)O. The van der Waals surface area contributed by atoms with Gasteiger partial charge in [0, 0.05) is 26.6 Å². The van der Waals surface area contributed by atoms with E-state index >= 15 is 0 Å². The van der Waals surface area contributed by atoms with Crippen molar-refractivity contribution >= 4 is 18.0 Å². The Morgan fingerprint density at radius 3 is 2.45 bits per heavy atom. The number of benzene rings is 1. The highest BCUT2D eigenvalue weighted by Crippen LogP contribution is 2.24. The molecule has 0 bridgehead atoms. The van der Waals surface area contributed by atoms with Crippen LogP contribution in [0.5, 0.6) is 0 Å². The first kappa shape index (κ1) is 15.8. The van der Waals surface area contributed by atoms with Crippen molar-refractivity contribution in [1.82, 2.24) is 9.80 Å². The Morgan fingerprint density at radius 1 is 1.23 bits per heavy atom. The van der Waals surface area contributed by atoms with Crippen molar-refractivity contribution in [2.24, 2.45) is 0 Å². The summed E-state index contributed by atoms with van der Waals surface area (Å²) in [6, 6.07) is 6.01. The molecule has 7 nitrogen and oxygen atoms in total. The van der Waals surface area contributed by atoms with Crippen molar-refractivity contribution in [2.45, 2.75) is 25.4 Å². The number of carboxylic acid groups (broad SMARTS) is 2. The smallest absolute Gasteiger partial charge is 0.326 e. The molecule has 2 rings (SSSR count). The number of urea groups is 1. The zero-order valence-electron chi connectivity index (χ0n) is 12.2. The standard InChI is InChI=1S/C15H18N2O5/c1-16(7-6-13(18)19)15(22)17-9-11-5-3-2-4-10(11)8-12(17)14(20)21/h2-5,12H,6-9H2,1H3,(H,18,19)(H,20,21). The van der Waals surface area contributed by atoms with Gasteiger partial charge in [-0.25, -0.2) is 9.59 Å². The van der Waals surface area contributed by atoms with Crippen molar-refractivity contribution in [2.75, 3.05) is 13.6 Å². The number of nitrogens with zero attached hydrogens (tertiary/aromatic N) is 2. The van der Waals surface area contributed by atoms with Gasteiger partial charge in [-0.2, -0.15) is 0 Å². The van der Waals surface area contributed by atoms with Gasteiger partial charge in [0.05, 0.1) is 6.42 Å². The summed E-state index contributed by atoms with van der Waals surface area (Å²) in [6.07, 6.45) is 0.0778. The van der Waals surface area contributed by atoms with E-state index < -0.39 is 24.0 Å². The minimum Gasteiger partial charge on any atom is -0.481 e. The molecule has 0 fully saturated rings. The molecule has 1 unspecified atom stereocenters. The number of carboxylic acids is 2. The van der Waals surface area contributed by atoms with Crippen molar-refractivity contribution in [3.63, 3.8) is 0 Å². The van der Waals surface area contributed by atoms with Gasteiger partial charge in [0.2, 0.25) is 0 Å². The second-order valence-electron chi connectivity index (χ2n) is 5.30. The lowest BCUT2D eigenvalue weighted by Crippen LogP contribution is -2.52. The molecule has 0 radical (unpaired) electrons. The molecule has 0 saturated carbocycles. The molecule has 0 saturated heterocycles. The van der Waals surface area contributed by atoms with E-state index in [2.05, 4.69) is 0 Å². The summed E-state index contributed by atoms with van der Waals surface area (Å²) in [4.78, 5) is 37.0. The number of hydrogen-bond acceptors (Lipinski definition) is 3. The number of aliphatic carboxylic acids is 2. The molecule has 0 aliphatic carbocycles. The van der Waals surface area contributed by atoms with Gasteiger partial charge in [0.25, 0.3) is 0 Å². The fourth-order valence-electron chi connectivity index (χ4n) is 2.52. The molecular formula is C15H18N2O5. The van der Waals surface area contributed by atoms with Crippen LogP contribution in [-0.2, 0) is 22.6 Å². The Bertz CT molecular complexity index is 601. The van der Waals surface area contributed by atoms with Crippen LogP contribution in [0.2, 0.25) is 0 Å². The third-order valence-corrected chi connectivity index (χ3v) is 3.77. The third kappa shape index (κ3) is 3.36. The quantitative estimate of drug-likeness (QED) is 0.865. The number of carbonyl (C=O) groups is 3. The molecule has 2 amide bonds. The second-order valence-corrected chi connectivity index (χ2v) is 5.30. The molecule has 7 heteroatoms. The third-order valence-electron chi connectivity index (χ3n) is 3.77. The zero-order valence-corrected chi connectivity index (χ0v) is 12.2. The van der Waals surface area contributed by atoms with Crippen LogP contribution in [0.15, 0.2) is 24.3 Å². The maximum absolute atomic E-state index is 12.4. The highest BCUT2D eigenvalue weighted by Gasteiger charge is 2.35. The van der Waals surface area contributed by atoms with Crippen LogP contribution in [0, 0.1) is 0 Å². The molecule has 118 valence electrons. The van der Waals surface area contributed by atoms with Gasteiger partial charge in [-0.15, -0.1) is 0 Å². The van der Waals surface area contributed by atoms with E-state index in [9.17, 15) is 19.5 Å². The van der Waals surface area contributed by atoms with Crippen LogP contribution in [0.3, 0.4) is 0 Å². The van der Waals surface area contributed by atoms with Gasteiger partial charge >= 0.3 is 18.0 Å². The lowest BCUT2D eigenvalue weighted by atomic mass is 9.94. The zero-order chi connectivity index (χ0) is 16.3. The predicted octanol–water partition coefficient (Wildman–Crippen LogP) is 1.02. The first-order valence-corrected chi connectivity index (χ1v) is 6.93. The van der Waals surface area contributed by atoms with Crippen LogP contribution in [0.25, 0.3) is 0 Å². The topological polar surface area (TPSA) is 98.2 Å². The summed E-state index contributed by atoms with van der Waals surface area (Å²) in [7, 11) is 1.48. The Morgan fingerprint density at radius 2 is 1.86 bits per heavy atom. The molecular weight excluding hydrogens is 288 g/mol. The fraction of sp³-hybridized carbons (Fsp3) is 0.400. The maximum atomic E-state index is 12.4. The summed E-state index contributed by atoms with van der Waals surface area (Å²) in [5, 5.41) is 18.1. The minimum atomic E-state index is -1.06. The molecule has 1 aromatic carbocycles. The summed E-state index contributed by atoms with van der Waals surface area (Å²) in [6.45, 7) is 0.252. The molecule has 2 N–H and O–H groups in total. The van der Waals surface area contributed by atoms with E-state index in [-0.39, 0.29) is 25.9 Å². The van der Waals surface area contributed by atoms with E-state index in [1.165, 1.54) is 16.8 Å². The predicted molar refractivity (Wildman–Crippen MR) is 77.4 cm³/mol. The van der Waals surface area contributed by atoms with Gasteiger partial charge in [-0.3, -0.25) is 4.79 Å². The van der Waals surface area contributed by atoms with Gasteiger partial charge in [0.1, 0.15) is 6.04 Å². The van der Waals surface area contributed by atoms with E-state index in [0.29, 0.717) is 0 Å². The Balaban J connectivity index is 2.18. The lowest BCUT2D eigenvalue weighted by molar-refractivity contribution is -0.143. The van der Waals surface area contributed by atoms with E-state index in [1.54, 1.807) is 0 Å². The lowest BCUT2D eigenvalue weighted by Gasteiger charge is -2.36. The van der Waals surface area contributed by atoms with Crippen LogP contribution < -0.4 is 0 Å². The summed E-state index contributed by atoms with van der Waals surface area (Å²) < 4.78 is 0. The summed E-state index contributed by atoms with van der Waals surface area (Å²) >= 11 is 0. The largest absolute Gasteiger partial charge is 0.481 e. The molecule has 1 aromatic rings. The molecule has 1 heterocycles. The van der Waals surface area contributed by atoms with Gasteiger partial charge in [-0.1, -0.05) is 24.3 Å². The average molecular weight is 306 g/mol. The van der Waals surface area contributed by atoms with Crippen LogP contribution in [0.1, 0.15) is 17.5 Å². The first-order chi connectivity index (χ1) is 10.4. The molecule has 1 aliphatic rings. The molecule has 1 aliphatic heterocycles. The van der Waals surface area contributed by atoms with Crippen LogP contribution in [0.4, 0.5) is 4.79 Å². The van der Waals surface area contributed by atoms with Crippen molar-refractivity contribution in [3.05, 3.63) is 35.4 Å². The van der Waals surface area contributed by atoms with Crippen molar-refractivity contribution in [1.29, 1.82) is 0 Å². The molecule has 0 aromatic heterocycles. The number of carbonyl (C=O) groups excluding carboxylic acids is 1. The highest BCUT2D eigenvalue weighted by molar-refractivity contribution is 5.83. The fourth-order valence-corrected chi connectivity index (χ4v) is 2.52. The average Bonchev–Trinajstić information content (AvgIpc) is 2.50. The van der Waals surface area contributed by atoms with Gasteiger partial charge < -0.3 is 20.0 Å². The van der Waals surface area contributed by atoms with Crippen LogP contribution >= 0.6 is 0 Å². The first-order valence-electron chi connectivity index (χ1n) is 6.93. The van der Waals surface area contributed by atoms with Gasteiger partial charge in [0.15, 0.2) is 0 Å². The molecule has 1 atom stereocenters. The Labute approximate surface area is 127 Å². The highest BCUT2D eigenvalue weighted by atomic mass is 16.4. The van der Waals surface area contributed by atoms with Gasteiger partial charge in [-0.05, 0) is 11.1 Å². The number of hydrogen-bond donors (Lipinski definition) is 2. The number of rotatable bonds is 4. The van der Waals surface area contributed by atoms with Crippen molar-refractivity contribution < 1.29 is 24.6 Å². The number of fused-ring (bicyclic) bond motifs is 1. The van der Waals surface area contributed by atoms with E-state index in [4.69, 9.17) is 5.11 Å².